The molecule has 0 radical (unpaired) electrons. The Hall–Kier alpha value is -0.570. The van der Waals surface area contributed by atoms with Crippen LogP contribution in [-0.2, 0) is 4.79 Å². The first-order chi connectivity index (χ1) is 5.61. The van der Waals surface area contributed by atoms with Crippen LogP contribution in [0.25, 0.3) is 0 Å². The van der Waals surface area contributed by atoms with Crippen LogP contribution < -0.4 is 5.32 Å². The molecule has 0 aromatic heterocycles. The molecule has 0 unspecified atom stereocenters. The summed E-state index contributed by atoms with van der Waals surface area (Å²) < 4.78 is 0. The van der Waals surface area contributed by atoms with Gasteiger partial charge in [0.15, 0.2) is 0 Å². The molecule has 0 amide bonds. The fourth-order valence-electron chi connectivity index (χ4n) is 1.88. The summed E-state index contributed by atoms with van der Waals surface area (Å²) in [7, 11) is 0. The second-order valence-corrected chi connectivity index (χ2v) is 3.80. The van der Waals surface area contributed by atoms with Crippen molar-refractivity contribution in [3.05, 3.63) is 0 Å². The van der Waals surface area contributed by atoms with Gasteiger partial charge in [-0.2, -0.15) is 0 Å². The van der Waals surface area contributed by atoms with E-state index in [9.17, 15) is 4.79 Å². The summed E-state index contributed by atoms with van der Waals surface area (Å²) in [4.78, 5) is 10.8. The molecule has 0 heterocycles. The highest BCUT2D eigenvalue weighted by Crippen LogP contribution is 2.25. The molecule has 3 nitrogen and oxygen atoms in total. The number of rotatable bonds is 3. The van der Waals surface area contributed by atoms with Gasteiger partial charge in [-0.25, -0.2) is 0 Å². The highest BCUT2D eigenvalue weighted by atomic mass is 16.4. The molecule has 3 heteroatoms. The van der Waals surface area contributed by atoms with Crippen molar-refractivity contribution in [3.63, 3.8) is 0 Å². The molecule has 70 valence electrons. The maximum Gasteiger partial charge on any atom is 0.308 e. The Labute approximate surface area is 73.2 Å². The van der Waals surface area contributed by atoms with Gasteiger partial charge in [0.25, 0.3) is 0 Å². The number of carboxylic acid groups (broad SMARTS) is 1. The number of aliphatic carboxylic acids is 1. The van der Waals surface area contributed by atoms with Crippen molar-refractivity contribution in [2.75, 3.05) is 0 Å². The van der Waals surface area contributed by atoms with Crippen LogP contribution >= 0.6 is 0 Å². The van der Waals surface area contributed by atoms with E-state index in [0.29, 0.717) is 6.04 Å². The van der Waals surface area contributed by atoms with Crippen LogP contribution in [0.4, 0.5) is 0 Å². The molecule has 1 aliphatic rings. The Morgan fingerprint density at radius 3 is 2.67 bits per heavy atom. The zero-order valence-corrected chi connectivity index (χ0v) is 7.71. The molecule has 0 aromatic rings. The molecule has 2 atom stereocenters. The molecule has 0 spiro atoms. The van der Waals surface area contributed by atoms with Crippen LogP contribution in [0.2, 0.25) is 0 Å². The third-order valence-electron chi connectivity index (χ3n) is 2.38. The molecule has 1 fully saturated rings. The summed E-state index contributed by atoms with van der Waals surface area (Å²) in [5.41, 5.74) is 0. The average molecular weight is 171 g/mol. The number of carboxylic acids is 1. The van der Waals surface area contributed by atoms with Gasteiger partial charge in [0, 0.05) is 12.1 Å². The molecule has 1 aliphatic carbocycles. The highest BCUT2D eigenvalue weighted by Gasteiger charge is 2.32. The second-order valence-electron chi connectivity index (χ2n) is 3.80. The van der Waals surface area contributed by atoms with Crippen LogP contribution in [0.15, 0.2) is 0 Å². The van der Waals surface area contributed by atoms with Crippen molar-refractivity contribution in [1.29, 1.82) is 0 Å². The number of hydrogen-bond donors (Lipinski definition) is 2. The topological polar surface area (TPSA) is 49.3 Å². The SMILES string of the molecule is CC(C)N[C@@H]1CCC[C@@H]1C(=O)O. The van der Waals surface area contributed by atoms with Gasteiger partial charge < -0.3 is 10.4 Å². The van der Waals surface area contributed by atoms with Gasteiger partial charge in [0.1, 0.15) is 0 Å². The van der Waals surface area contributed by atoms with E-state index in [0.717, 1.165) is 19.3 Å². The Bertz CT molecular complexity index is 168. The third kappa shape index (κ3) is 2.21. The largest absolute Gasteiger partial charge is 0.481 e. The molecule has 0 bridgehead atoms. The van der Waals surface area contributed by atoms with Crippen molar-refractivity contribution in [1.82, 2.24) is 5.32 Å². The van der Waals surface area contributed by atoms with E-state index >= 15 is 0 Å². The van der Waals surface area contributed by atoms with E-state index in [1.54, 1.807) is 0 Å². The van der Waals surface area contributed by atoms with Gasteiger partial charge in [-0.15, -0.1) is 0 Å². The third-order valence-corrected chi connectivity index (χ3v) is 2.38. The van der Waals surface area contributed by atoms with E-state index in [-0.39, 0.29) is 12.0 Å². The highest BCUT2D eigenvalue weighted by molar-refractivity contribution is 5.71. The van der Waals surface area contributed by atoms with Crippen LogP contribution in [0.3, 0.4) is 0 Å². The summed E-state index contributed by atoms with van der Waals surface area (Å²) in [6.07, 6.45) is 2.89. The normalized spacial score (nSPS) is 29.6. The van der Waals surface area contributed by atoms with Gasteiger partial charge in [0.2, 0.25) is 0 Å². The zero-order chi connectivity index (χ0) is 9.14. The summed E-state index contributed by atoms with van der Waals surface area (Å²) in [5, 5.41) is 12.1. The molecule has 1 saturated carbocycles. The molecule has 0 aromatic carbocycles. The maximum absolute atomic E-state index is 10.8. The van der Waals surface area contributed by atoms with Gasteiger partial charge in [0.05, 0.1) is 5.92 Å². The molecule has 2 N–H and O–H groups in total. The summed E-state index contributed by atoms with van der Waals surface area (Å²) in [6.45, 7) is 4.11. The Morgan fingerprint density at radius 1 is 1.50 bits per heavy atom. The predicted molar refractivity (Wildman–Crippen MR) is 47.0 cm³/mol. The summed E-state index contributed by atoms with van der Waals surface area (Å²) in [6, 6.07) is 0.581. The smallest absolute Gasteiger partial charge is 0.308 e. The molecular weight excluding hydrogens is 154 g/mol. The van der Waals surface area contributed by atoms with E-state index in [4.69, 9.17) is 5.11 Å². The van der Waals surface area contributed by atoms with Crippen molar-refractivity contribution in [2.45, 2.75) is 45.2 Å². The molecule has 0 aliphatic heterocycles. The quantitative estimate of drug-likeness (QED) is 0.671. The van der Waals surface area contributed by atoms with Crippen molar-refractivity contribution in [3.8, 4) is 0 Å². The minimum atomic E-state index is -0.648. The van der Waals surface area contributed by atoms with E-state index in [1.807, 2.05) is 0 Å². The van der Waals surface area contributed by atoms with Crippen molar-refractivity contribution >= 4 is 5.97 Å². The first-order valence-corrected chi connectivity index (χ1v) is 4.60. The summed E-state index contributed by atoms with van der Waals surface area (Å²) in [5.74, 6) is -0.807. The zero-order valence-electron chi connectivity index (χ0n) is 7.71. The lowest BCUT2D eigenvalue weighted by molar-refractivity contribution is -0.142. The minimum absolute atomic E-state index is 0.160. The van der Waals surface area contributed by atoms with Gasteiger partial charge in [-0.1, -0.05) is 20.3 Å². The molecular formula is C9H17NO2. The maximum atomic E-state index is 10.8. The second kappa shape index (κ2) is 3.90. The van der Waals surface area contributed by atoms with Crippen LogP contribution in [0.1, 0.15) is 33.1 Å². The van der Waals surface area contributed by atoms with Crippen LogP contribution in [0.5, 0.6) is 0 Å². The lowest BCUT2D eigenvalue weighted by atomic mass is 10.0. The van der Waals surface area contributed by atoms with E-state index < -0.39 is 5.97 Å². The standard InChI is InChI=1S/C9H17NO2/c1-6(2)10-8-5-3-4-7(8)9(11)12/h6-8,10H,3-5H2,1-2H3,(H,11,12)/t7-,8+/m0/s1. The first-order valence-electron chi connectivity index (χ1n) is 4.60. The monoisotopic (exact) mass is 171 g/mol. The fraction of sp³-hybridized carbons (Fsp3) is 0.889. The van der Waals surface area contributed by atoms with Gasteiger partial charge >= 0.3 is 5.97 Å². The number of hydrogen-bond acceptors (Lipinski definition) is 2. The molecule has 12 heavy (non-hydrogen) atoms. The molecule has 1 rings (SSSR count). The number of carbonyl (C=O) groups is 1. The van der Waals surface area contributed by atoms with Gasteiger partial charge in [-0.3, -0.25) is 4.79 Å². The summed E-state index contributed by atoms with van der Waals surface area (Å²) >= 11 is 0. The van der Waals surface area contributed by atoms with Gasteiger partial charge in [-0.05, 0) is 12.8 Å². The minimum Gasteiger partial charge on any atom is -0.481 e. The van der Waals surface area contributed by atoms with E-state index in [2.05, 4.69) is 19.2 Å². The van der Waals surface area contributed by atoms with Crippen molar-refractivity contribution < 1.29 is 9.90 Å². The van der Waals surface area contributed by atoms with E-state index in [1.165, 1.54) is 0 Å². The predicted octanol–water partition coefficient (Wildman–Crippen LogP) is 1.24. The fourth-order valence-corrected chi connectivity index (χ4v) is 1.88. The van der Waals surface area contributed by atoms with Crippen LogP contribution in [0, 0.1) is 5.92 Å². The first kappa shape index (κ1) is 9.52. The Morgan fingerprint density at radius 2 is 2.17 bits per heavy atom. The average Bonchev–Trinajstić information content (AvgIpc) is 2.33. The molecule has 0 saturated heterocycles. The van der Waals surface area contributed by atoms with Crippen LogP contribution in [-0.4, -0.2) is 23.2 Å². The lowest BCUT2D eigenvalue weighted by Gasteiger charge is -2.19. The number of nitrogens with one attached hydrogen (secondary N) is 1. The Kier molecular flexibility index (Phi) is 3.09. The lowest BCUT2D eigenvalue weighted by Crippen LogP contribution is -2.40. The Balaban J connectivity index is 2.46. The van der Waals surface area contributed by atoms with Crippen molar-refractivity contribution in [2.24, 2.45) is 5.92 Å².